The van der Waals surface area contributed by atoms with Gasteiger partial charge in [0.05, 0.1) is 0 Å². The topological polar surface area (TPSA) is 71.3 Å². The number of nitrogens with one attached hydrogen (secondary N) is 1. The zero-order valence-corrected chi connectivity index (χ0v) is 16.9. The summed E-state index contributed by atoms with van der Waals surface area (Å²) in [6.45, 7) is 5.60. The van der Waals surface area contributed by atoms with Crippen LogP contribution in [0.5, 0.6) is 0 Å². The summed E-state index contributed by atoms with van der Waals surface area (Å²) in [6.07, 6.45) is 2.52. The lowest BCUT2D eigenvalue weighted by Crippen LogP contribution is -2.38. The van der Waals surface area contributed by atoms with E-state index in [-0.39, 0.29) is 11.8 Å². The highest BCUT2D eigenvalue weighted by Crippen LogP contribution is 2.26. The molecule has 0 radical (unpaired) electrons. The quantitative estimate of drug-likeness (QED) is 0.696. The molecule has 4 rings (SSSR count). The van der Waals surface area contributed by atoms with Crippen LogP contribution in [-0.4, -0.2) is 29.1 Å². The van der Waals surface area contributed by atoms with Crippen molar-refractivity contribution < 1.29 is 9.32 Å². The molecule has 1 aliphatic rings. The van der Waals surface area contributed by atoms with Gasteiger partial charge < -0.3 is 14.7 Å². The van der Waals surface area contributed by atoms with Crippen LogP contribution in [0, 0.1) is 12.8 Å². The fourth-order valence-electron chi connectivity index (χ4n) is 3.68. The summed E-state index contributed by atoms with van der Waals surface area (Å²) < 4.78 is 5.49. The maximum Gasteiger partial charge on any atom is 0.324 e. The van der Waals surface area contributed by atoms with E-state index in [4.69, 9.17) is 4.52 Å². The van der Waals surface area contributed by atoms with Crippen molar-refractivity contribution in [2.45, 2.75) is 33.1 Å². The number of anilines is 2. The first kappa shape index (κ1) is 19.2. The Balaban J connectivity index is 1.34. The number of aromatic nitrogens is 2. The second kappa shape index (κ2) is 8.47. The SMILES string of the molecule is CCc1ccc(NC(=O)C2CCN(c3nc(-c4ccccc4C)no3)CC2)cc1. The molecule has 6 nitrogen and oxygen atoms in total. The number of carbonyl (C=O) groups is 1. The summed E-state index contributed by atoms with van der Waals surface area (Å²) in [6, 6.07) is 16.6. The molecule has 1 fully saturated rings. The lowest BCUT2D eigenvalue weighted by molar-refractivity contribution is -0.120. The fourth-order valence-corrected chi connectivity index (χ4v) is 3.68. The van der Waals surface area contributed by atoms with E-state index in [0.717, 1.165) is 49.2 Å². The van der Waals surface area contributed by atoms with Crippen LogP contribution in [0.2, 0.25) is 0 Å². The van der Waals surface area contributed by atoms with E-state index in [0.29, 0.717) is 11.8 Å². The molecule has 0 bridgehead atoms. The zero-order valence-electron chi connectivity index (χ0n) is 16.9. The molecule has 1 N–H and O–H groups in total. The van der Waals surface area contributed by atoms with E-state index in [2.05, 4.69) is 39.4 Å². The zero-order chi connectivity index (χ0) is 20.2. The first-order valence-electron chi connectivity index (χ1n) is 10.2. The third-order valence-corrected chi connectivity index (χ3v) is 5.57. The molecule has 0 aliphatic carbocycles. The van der Waals surface area contributed by atoms with Gasteiger partial charge in [0.25, 0.3) is 0 Å². The van der Waals surface area contributed by atoms with Crippen LogP contribution < -0.4 is 10.2 Å². The van der Waals surface area contributed by atoms with Crippen molar-refractivity contribution in [1.29, 1.82) is 0 Å². The van der Waals surface area contributed by atoms with Gasteiger partial charge in [-0.3, -0.25) is 4.79 Å². The summed E-state index contributed by atoms with van der Waals surface area (Å²) in [5, 5.41) is 7.18. The van der Waals surface area contributed by atoms with Gasteiger partial charge in [-0.05, 0) is 49.4 Å². The van der Waals surface area contributed by atoms with E-state index in [1.165, 1.54) is 5.56 Å². The first-order valence-corrected chi connectivity index (χ1v) is 10.2. The Morgan fingerprint density at radius 2 is 1.86 bits per heavy atom. The molecule has 1 amide bonds. The number of nitrogens with zero attached hydrogens (tertiary/aromatic N) is 3. The summed E-state index contributed by atoms with van der Waals surface area (Å²) in [7, 11) is 0. The monoisotopic (exact) mass is 390 g/mol. The Morgan fingerprint density at radius 3 is 2.55 bits per heavy atom. The number of amides is 1. The Bertz CT molecular complexity index is 973. The van der Waals surface area contributed by atoms with Gasteiger partial charge in [0.2, 0.25) is 11.7 Å². The van der Waals surface area contributed by atoms with E-state index in [9.17, 15) is 4.79 Å². The number of carbonyl (C=O) groups excluding carboxylic acids is 1. The highest BCUT2D eigenvalue weighted by molar-refractivity contribution is 5.92. The molecule has 29 heavy (non-hydrogen) atoms. The molecule has 0 atom stereocenters. The molecular formula is C23H26N4O2. The average molecular weight is 390 g/mol. The van der Waals surface area contributed by atoms with Crippen LogP contribution in [0.3, 0.4) is 0 Å². The van der Waals surface area contributed by atoms with Gasteiger partial charge in [-0.25, -0.2) is 0 Å². The molecule has 3 aromatic rings. The van der Waals surface area contributed by atoms with Crippen molar-refractivity contribution in [2.24, 2.45) is 5.92 Å². The van der Waals surface area contributed by atoms with Gasteiger partial charge in [-0.1, -0.05) is 48.5 Å². The van der Waals surface area contributed by atoms with Crippen LogP contribution in [0.25, 0.3) is 11.4 Å². The summed E-state index contributed by atoms with van der Waals surface area (Å²) >= 11 is 0. The number of rotatable bonds is 5. The molecule has 2 aromatic carbocycles. The molecule has 1 saturated heterocycles. The van der Waals surface area contributed by atoms with Gasteiger partial charge in [-0.15, -0.1) is 0 Å². The van der Waals surface area contributed by atoms with Gasteiger partial charge in [0.15, 0.2) is 0 Å². The Morgan fingerprint density at radius 1 is 1.14 bits per heavy atom. The van der Waals surface area contributed by atoms with E-state index in [1.807, 2.05) is 43.3 Å². The van der Waals surface area contributed by atoms with Crippen molar-refractivity contribution in [2.75, 3.05) is 23.3 Å². The molecule has 1 aromatic heterocycles. The first-order chi connectivity index (χ1) is 14.1. The van der Waals surface area contributed by atoms with Crippen molar-refractivity contribution in [3.05, 3.63) is 59.7 Å². The van der Waals surface area contributed by atoms with Crippen molar-refractivity contribution in [3.63, 3.8) is 0 Å². The van der Waals surface area contributed by atoms with E-state index in [1.54, 1.807) is 0 Å². The molecule has 2 heterocycles. The maximum absolute atomic E-state index is 12.6. The molecule has 1 aliphatic heterocycles. The normalized spacial score (nSPS) is 14.8. The fraction of sp³-hybridized carbons (Fsp3) is 0.348. The minimum absolute atomic E-state index is 0.00383. The Labute approximate surface area is 170 Å². The van der Waals surface area contributed by atoms with Gasteiger partial charge >= 0.3 is 6.01 Å². The highest BCUT2D eigenvalue weighted by Gasteiger charge is 2.27. The highest BCUT2D eigenvalue weighted by atomic mass is 16.5. The standard InChI is InChI=1S/C23H26N4O2/c1-3-17-8-10-19(11-9-17)24-22(28)18-12-14-27(15-13-18)23-25-21(26-29-23)20-7-5-4-6-16(20)2/h4-11,18H,3,12-15H2,1-2H3,(H,24,28). The van der Waals surface area contributed by atoms with Crippen molar-refractivity contribution >= 4 is 17.6 Å². The van der Waals surface area contributed by atoms with Crippen LogP contribution in [0.15, 0.2) is 53.1 Å². The Hall–Kier alpha value is -3.15. The summed E-state index contributed by atoms with van der Waals surface area (Å²) in [5.41, 5.74) is 4.21. The van der Waals surface area contributed by atoms with Crippen molar-refractivity contribution in [3.8, 4) is 11.4 Å². The number of aryl methyl sites for hydroxylation is 2. The molecule has 0 unspecified atom stereocenters. The second-order valence-electron chi connectivity index (χ2n) is 7.52. The van der Waals surface area contributed by atoms with Gasteiger partial charge in [0.1, 0.15) is 0 Å². The molecule has 6 heteroatoms. The molecule has 0 spiro atoms. The smallest absolute Gasteiger partial charge is 0.324 e. The van der Waals surface area contributed by atoms with E-state index < -0.39 is 0 Å². The molecule has 0 saturated carbocycles. The number of hydrogen-bond donors (Lipinski definition) is 1. The second-order valence-corrected chi connectivity index (χ2v) is 7.52. The van der Waals surface area contributed by atoms with Crippen LogP contribution in [0.4, 0.5) is 11.7 Å². The largest absolute Gasteiger partial charge is 0.326 e. The Kier molecular flexibility index (Phi) is 5.60. The predicted octanol–water partition coefficient (Wildman–Crippen LogP) is 4.46. The number of hydrogen-bond acceptors (Lipinski definition) is 5. The van der Waals surface area contributed by atoms with Gasteiger partial charge in [0, 0.05) is 30.3 Å². The lowest BCUT2D eigenvalue weighted by Gasteiger charge is -2.29. The average Bonchev–Trinajstić information content (AvgIpc) is 3.25. The van der Waals surface area contributed by atoms with Crippen LogP contribution in [-0.2, 0) is 11.2 Å². The van der Waals surface area contributed by atoms with Gasteiger partial charge in [-0.2, -0.15) is 4.98 Å². The molecule has 150 valence electrons. The minimum atomic E-state index is -0.00383. The maximum atomic E-state index is 12.6. The summed E-state index contributed by atoms with van der Waals surface area (Å²) in [5.74, 6) is 0.685. The van der Waals surface area contributed by atoms with Crippen LogP contribution >= 0.6 is 0 Å². The lowest BCUT2D eigenvalue weighted by atomic mass is 9.96. The van der Waals surface area contributed by atoms with Crippen LogP contribution in [0.1, 0.15) is 30.9 Å². The number of piperidine rings is 1. The third kappa shape index (κ3) is 4.31. The molecular weight excluding hydrogens is 364 g/mol. The minimum Gasteiger partial charge on any atom is -0.326 e. The number of benzene rings is 2. The van der Waals surface area contributed by atoms with E-state index >= 15 is 0 Å². The summed E-state index contributed by atoms with van der Waals surface area (Å²) in [4.78, 5) is 19.2. The predicted molar refractivity (Wildman–Crippen MR) is 114 cm³/mol. The third-order valence-electron chi connectivity index (χ3n) is 5.57. The van der Waals surface area contributed by atoms with Crippen molar-refractivity contribution in [1.82, 2.24) is 10.1 Å².